The molecule has 1 aliphatic carbocycles. The van der Waals surface area contributed by atoms with Crippen molar-refractivity contribution in [3.63, 3.8) is 0 Å². The third-order valence-corrected chi connectivity index (χ3v) is 6.44. The molecule has 26 heavy (non-hydrogen) atoms. The van der Waals surface area contributed by atoms with Crippen molar-refractivity contribution in [3.05, 3.63) is 47.8 Å². The maximum Gasteiger partial charge on any atom is 0.302 e. The summed E-state index contributed by atoms with van der Waals surface area (Å²) >= 11 is 0. The molecule has 1 saturated carbocycles. The Morgan fingerprint density at radius 2 is 2.04 bits per heavy atom. The largest absolute Gasteiger partial charge is 0.349 e. The van der Waals surface area contributed by atoms with Crippen molar-refractivity contribution in [3.8, 4) is 11.1 Å². The summed E-state index contributed by atoms with van der Waals surface area (Å²) in [7, 11) is -3.83. The number of hydrogen-bond acceptors (Lipinski definition) is 4. The van der Waals surface area contributed by atoms with Gasteiger partial charge in [0.15, 0.2) is 0 Å². The zero-order chi connectivity index (χ0) is 18.5. The summed E-state index contributed by atoms with van der Waals surface area (Å²) in [6.45, 7) is 3.79. The summed E-state index contributed by atoms with van der Waals surface area (Å²) in [5.74, 6) is -0.0949. The number of hydrogen-bond donors (Lipinski definition) is 3. The minimum atomic E-state index is -3.83. The average Bonchev–Trinajstić information content (AvgIpc) is 2.90. The van der Waals surface area contributed by atoms with Crippen molar-refractivity contribution in [2.24, 2.45) is 10.6 Å². The molecule has 1 saturated heterocycles. The summed E-state index contributed by atoms with van der Waals surface area (Å²) in [6, 6.07) is 9.13. The van der Waals surface area contributed by atoms with Crippen LogP contribution in [0.15, 0.2) is 36.5 Å². The number of aromatic nitrogens is 1. The molecule has 2 aromatic rings. The van der Waals surface area contributed by atoms with Crippen LogP contribution in [0.2, 0.25) is 0 Å². The van der Waals surface area contributed by atoms with E-state index in [1.54, 1.807) is 31.2 Å². The third-order valence-electron chi connectivity index (χ3n) is 5.50. The van der Waals surface area contributed by atoms with Crippen LogP contribution in [0.1, 0.15) is 28.9 Å². The Morgan fingerprint density at radius 1 is 1.31 bits per heavy atom. The first kappa shape index (κ1) is 17.3. The number of amides is 1. The molecule has 0 unspecified atom stereocenters. The van der Waals surface area contributed by atoms with Gasteiger partial charge in [-0.3, -0.25) is 4.79 Å². The SMILES string of the molecule is Cc1c(-c2cccc(C(=O)NC3CC4(CNC4)C3)c2)ccn1S(N)(=O)=O. The number of nitrogens with zero attached hydrogens (tertiary/aromatic N) is 1. The van der Waals surface area contributed by atoms with Gasteiger partial charge >= 0.3 is 10.2 Å². The topological polar surface area (TPSA) is 106 Å². The van der Waals surface area contributed by atoms with E-state index in [1.165, 1.54) is 6.20 Å². The van der Waals surface area contributed by atoms with Crippen LogP contribution in [0.4, 0.5) is 0 Å². The molecule has 0 radical (unpaired) electrons. The fourth-order valence-electron chi connectivity index (χ4n) is 4.03. The number of benzene rings is 1. The molecule has 2 heterocycles. The van der Waals surface area contributed by atoms with Gasteiger partial charge in [0.2, 0.25) is 0 Å². The van der Waals surface area contributed by atoms with E-state index in [0.29, 0.717) is 16.7 Å². The van der Waals surface area contributed by atoms with Crippen LogP contribution >= 0.6 is 0 Å². The van der Waals surface area contributed by atoms with Crippen molar-refractivity contribution in [2.45, 2.75) is 25.8 Å². The van der Waals surface area contributed by atoms with Crippen LogP contribution in [0, 0.1) is 12.3 Å². The van der Waals surface area contributed by atoms with Gasteiger partial charge in [-0.05, 0) is 48.9 Å². The van der Waals surface area contributed by atoms with E-state index in [4.69, 9.17) is 5.14 Å². The quantitative estimate of drug-likeness (QED) is 0.742. The monoisotopic (exact) mass is 374 g/mol. The smallest absolute Gasteiger partial charge is 0.302 e. The van der Waals surface area contributed by atoms with E-state index in [9.17, 15) is 13.2 Å². The van der Waals surface area contributed by atoms with E-state index < -0.39 is 10.2 Å². The van der Waals surface area contributed by atoms with Gasteiger partial charge < -0.3 is 10.6 Å². The second-order valence-corrected chi connectivity index (χ2v) is 8.84. The van der Waals surface area contributed by atoms with Gasteiger partial charge in [-0.15, -0.1) is 0 Å². The lowest BCUT2D eigenvalue weighted by Crippen LogP contribution is -2.65. The fraction of sp³-hybridized carbons (Fsp3) is 0.389. The Hall–Kier alpha value is -2.16. The van der Waals surface area contributed by atoms with E-state index in [-0.39, 0.29) is 11.9 Å². The summed E-state index contributed by atoms with van der Waals surface area (Å²) in [5, 5.41) is 11.6. The molecule has 8 heteroatoms. The summed E-state index contributed by atoms with van der Waals surface area (Å²) < 4.78 is 24.2. The third kappa shape index (κ3) is 2.94. The van der Waals surface area contributed by atoms with Crippen LogP contribution in [-0.4, -0.2) is 37.4 Å². The lowest BCUT2D eigenvalue weighted by Gasteiger charge is -2.54. The summed E-state index contributed by atoms with van der Waals surface area (Å²) in [6.07, 6.45) is 3.48. The lowest BCUT2D eigenvalue weighted by molar-refractivity contribution is 0.0232. The molecule has 2 aliphatic rings. The minimum Gasteiger partial charge on any atom is -0.349 e. The molecule has 2 fully saturated rings. The highest BCUT2D eigenvalue weighted by atomic mass is 32.2. The van der Waals surface area contributed by atoms with Gasteiger partial charge in [-0.1, -0.05) is 12.1 Å². The molecule has 1 aromatic carbocycles. The Kier molecular flexibility index (Phi) is 3.94. The molecule has 4 N–H and O–H groups in total. The summed E-state index contributed by atoms with van der Waals surface area (Å²) in [5.41, 5.74) is 3.01. The second kappa shape index (κ2) is 5.94. The Bertz CT molecular complexity index is 968. The molecule has 0 bridgehead atoms. The van der Waals surface area contributed by atoms with Gasteiger partial charge in [0.1, 0.15) is 0 Å². The predicted molar refractivity (Wildman–Crippen MR) is 98.9 cm³/mol. The first-order chi connectivity index (χ1) is 12.3. The van der Waals surface area contributed by atoms with Crippen molar-refractivity contribution in [1.82, 2.24) is 14.6 Å². The molecule has 4 rings (SSSR count). The first-order valence-corrected chi connectivity index (χ1v) is 10.1. The molecule has 1 amide bonds. The number of carbonyl (C=O) groups excluding carboxylic acids is 1. The molecule has 138 valence electrons. The van der Waals surface area contributed by atoms with Gasteiger partial charge in [0, 0.05) is 42.1 Å². The fourth-order valence-corrected chi connectivity index (χ4v) is 4.74. The lowest BCUT2D eigenvalue weighted by atomic mass is 9.61. The van der Waals surface area contributed by atoms with E-state index in [2.05, 4.69) is 10.6 Å². The molecular formula is C18H22N4O3S. The predicted octanol–water partition coefficient (Wildman–Crippen LogP) is 0.997. The number of nitrogens with two attached hydrogens (primary N) is 1. The second-order valence-electron chi connectivity index (χ2n) is 7.42. The van der Waals surface area contributed by atoms with Crippen LogP contribution in [0.25, 0.3) is 11.1 Å². The van der Waals surface area contributed by atoms with Crippen molar-refractivity contribution >= 4 is 16.1 Å². The van der Waals surface area contributed by atoms with Gasteiger partial charge in [0.25, 0.3) is 5.91 Å². The zero-order valence-corrected chi connectivity index (χ0v) is 15.3. The van der Waals surface area contributed by atoms with Crippen LogP contribution in [0.5, 0.6) is 0 Å². The normalized spacial score (nSPS) is 19.0. The number of carbonyl (C=O) groups is 1. The zero-order valence-electron chi connectivity index (χ0n) is 14.5. The molecule has 1 aromatic heterocycles. The summed E-state index contributed by atoms with van der Waals surface area (Å²) in [4.78, 5) is 12.6. The number of rotatable bonds is 4. The molecular weight excluding hydrogens is 352 g/mol. The van der Waals surface area contributed by atoms with E-state index >= 15 is 0 Å². The minimum absolute atomic E-state index is 0.0949. The standard InChI is InChI=1S/C18H22N4O3S/c1-12-16(5-6-22(12)26(19,24)25)13-3-2-4-14(7-13)17(23)21-15-8-18(9-15)10-20-11-18/h2-7,15,20H,8-11H2,1H3,(H,21,23)(H2,19,24,25). The highest BCUT2D eigenvalue weighted by molar-refractivity contribution is 7.87. The Morgan fingerprint density at radius 3 is 2.62 bits per heavy atom. The van der Waals surface area contributed by atoms with E-state index in [1.807, 2.05) is 6.07 Å². The molecule has 7 nitrogen and oxygen atoms in total. The van der Waals surface area contributed by atoms with Crippen molar-refractivity contribution in [1.29, 1.82) is 0 Å². The maximum absolute atomic E-state index is 12.6. The van der Waals surface area contributed by atoms with E-state index in [0.717, 1.165) is 41.0 Å². The number of nitrogens with one attached hydrogen (secondary N) is 2. The van der Waals surface area contributed by atoms with Gasteiger partial charge in [-0.2, -0.15) is 8.42 Å². The van der Waals surface area contributed by atoms with Crippen molar-refractivity contribution in [2.75, 3.05) is 13.1 Å². The van der Waals surface area contributed by atoms with Crippen LogP contribution < -0.4 is 15.8 Å². The molecule has 0 atom stereocenters. The maximum atomic E-state index is 12.6. The van der Waals surface area contributed by atoms with Crippen LogP contribution in [0.3, 0.4) is 0 Å². The average molecular weight is 374 g/mol. The Balaban J connectivity index is 1.52. The highest BCUT2D eigenvalue weighted by Crippen LogP contribution is 2.44. The van der Waals surface area contributed by atoms with Gasteiger partial charge in [0.05, 0.1) is 0 Å². The first-order valence-electron chi connectivity index (χ1n) is 8.61. The Labute approximate surface area is 152 Å². The van der Waals surface area contributed by atoms with Gasteiger partial charge in [-0.25, -0.2) is 9.11 Å². The molecule has 1 aliphatic heterocycles. The van der Waals surface area contributed by atoms with Crippen molar-refractivity contribution < 1.29 is 13.2 Å². The molecule has 1 spiro atoms. The van der Waals surface area contributed by atoms with Crippen LogP contribution in [-0.2, 0) is 10.2 Å². The highest BCUT2D eigenvalue weighted by Gasteiger charge is 2.48.